The first-order valence-electron chi connectivity index (χ1n) is 13.7. The van der Waals surface area contributed by atoms with Gasteiger partial charge in [-0.05, 0) is 28.8 Å². The van der Waals surface area contributed by atoms with Gasteiger partial charge >= 0.3 is 5.97 Å². The maximum Gasteiger partial charge on any atom is 0.338 e. The summed E-state index contributed by atoms with van der Waals surface area (Å²) in [6.45, 7) is 0.774. The van der Waals surface area contributed by atoms with Crippen molar-refractivity contribution in [2.45, 2.75) is 50.6 Å². The SMILES string of the molecule is O=C(O[C@@H]1C(F)OC(COCc2ccccc2)[C@@H](OCc2ccccc2)[C@@H]1OCc1ccccc1)c1ccccc1. The Morgan fingerprint density at radius 2 is 1.07 bits per heavy atom. The molecule has 41 heavy (non-hydrogen) atoms. The minimum Gasteiger partial charge on any atom is -0.450 e. The second kappa shape index (κ2) is 14.7. The quantitative estimate of drug-likeness (QED) is 0.191. The summed E-state index contributed by atoms with van der Waals surface area (Å²) in [6, 6.07) is 37.3. The summed E-state index contributed by atoms with van der Waals surface area (Å²) in [6.07, 6.45) is -5.90. The zero-order valence-corrected chi connectivity index (χ0v) is 22.6. The molecular weight excluding hydrogens is 523 g/mol. The van der Waals surface area contributed by atoms with Gasteiger partial charge in [-0.2, -0.15) is 0 Å². The van der Waals surface area contributed by atoms with Crippen molar-refractivity contribution in [3.8, 4) is 0 Å². The van der Waals surface area contributed by atoms with Crippen LogP contribution in [0.5, 0.6) is 0 Å². The molecule has 0 saturated carbocycles. The van der Waals surface area contributed by atoms with E-state index in [1.54, 1.807) is 30.3 Å². The lowest BCUT2D eigenvalue weighted by molar-refractivity contribution is -0.287. The summed E-state index contributed by atoms with van der Waals surface area (Å²) in [5.41, 5.74) is 3.10. The summed E-state index contributed by atoms with van der Waals surface area (Å²) in [5, 5.41) is 0. The van der Waals surface area contributed by atoms with Gasteiger partial charge in [0.1, 0.15) is 18.3 Å². The number of hydrogen-bond acceptors (Lipinski definition) is 6. The lowest BCUT2D eigenvalue weighted by Gasteiger charge is -2.43. The Kier molecular flexibility index (Phi) is 10.2. The number of carbonyl (C=O) groups excluding carboxylic acids is 1. The van der Waals surface area contributed by atoms with Gasteiger partial charge in [0.25, 0.3) is 0 Å². The monoisotopic (exact) mass is 556 g/mol. The van der Waals surface area contributed by atoms with Crippen LogP contribution in [0.15, 0.2) is 121 Å². The van der Waals surface area contributed by atoms with Crippen LogP contribution >= 0.6 is 0 Å². The van der Waals surface area contributed by atoms with Crippen molar-refractivity contribution in [2.24, 2.45) is 0 Å². The van der Waals surface area contributed by atoms with Crippen molar-refractivity contribution >= 4 is 5.97 Å². The third kappa shape index (κ3) is 8.08. The number of hydrogen-bond donors (Lipinski definition) is 0. The van der Waals surface area contributed by atoms with Gasteiger partial charge in [0.05, 0.1) is 32.0 Å². The number of ether oxygens (including phenoxy) is 5. The Balaban J connectivity index is 1.39. The standard InChI is InChI=1S/C34H33FO6/c35-33-32(41-34(36)28-19-11-4-12-20-28)31(39-23-27-17-9-3-10-18-27)30(38-22-26-15-7-2-8-16-26)29(40-33)24-37-21-25-13-5-1-6-14-25/h1-20,29-33H,21-24H2/t29?,30-,31+,32+,33?/m1/s1. The average Bonchev–Trinajstić information content (AvgIpc) is 3.02. The van der Waals surface area contributed by atoms with Gasteiger partial charge in [-0.25, -0.2) is 9.18 Å². The molecule has 0 radical (unpaired) electrons. The Bertz CT molecular complexity index is 1320. The summed E-state index contributed by atoms with van der Waals surface area (Å²) >= 11 is 0. The average molecular weight is 557 g/mol. The minimum absolute atomic E-state index is 0.0549. The highest BCUT2D eigenvalue weighted by Crippen LogP contribution is 2.31. The molecule has 4 aromatic carbocycles. The van der Waals surface area contributed by atoms with Crippen molar-refractivity contribution in [3.05, 3.63) is 144 Å². The number of esters is 1. The van der Waals surface area contributed by atoms with Crippen molar-refractivity contribution in [2.75, 3.05) is 6.61 Å². The van der Waals surface area contributed by atoms with E-state index in [9.17, 15) is 4.79 Å². The van der Waals surface area contributed by atoms with Gasteiger partial charge in [-0.1, -0.05) is 109 Å². The molecule has 1 saturated heterocycles. The van der Waals surface area contributed by atoms with Crippen molar-refractivity contribution in [1.82, 2.24) is 0 Å². The van der Waals surface area contributed by atoms with Gasteiger partial charge in [0, 0.05) is 0 Å². The molecule has 0 bridgehead atoms. The molecule has 7 heteroatoms. The van der Waals surface area contributed by atoms with Crippen LogP contribution in [-0.2, 0) is 43.5 Å². The van der Waals surface area contributed by atoms with Crippen LogP contribution in [0.4, 0.5) is 4.39 Å². The predicted octanol–water partition coefficient (Wildman–Crippen LogP) is 6.29. The van der Waals surface area contributed by atoms with Crippen LogP contribution < -0.4 is 0 Å². The molecule has 0 aromatic heterocycles. The fraction of sp³-hybridized carbons (Fsp3) is 0.265. The smallest absolute Gasteiger partial charge is 0.338 e. The van der Waals surface area contributed by atoms with Crippen LogP contribution in [-0.4, -0.2) is 43.3 Å². The normalized spacial score (nSPS) is 22.2. The van der Waals surface area contributed by atoms with Crippen LogP contribution in [0.3, 0.4) is 0 Å². The lowest BCUT2D eigenvalue weighted by Crippen LogP contribution is -2.60. The summed E-state index contributed by atoms with van der Waals surface area (Å²) in [5.74, 6) is -0.671. The van der Waals surface area contributed by atoms with Crippen LogP contribution in [0.2, 0.25) is 0 Å². The predicted molar refractivity (Wildman–Crippen MR) is 152 cm³/mol. The number of rotatable bonds is 12. The zero-order valence-electron chi connectivity index (χ0n) is 22.6. The molecule has 1 aliphatic rings. The molecule has 0 amide bonds. The lowest BCUT2D eigenvalue weighted by atomic mass is 9.98. The highest BCUT2D eigenvalue weighted by molar-refractivity contribution is 5.89. The first kappa shape index (κ1) is 28.6. The van der Waals surface area contributed by atoms with Gasteiger partial charge in [-0.3, -0.25) is 0 Å². The molecule has 6 nitrogen and oxygen atoms in total. The number of carbonyl (C=O) groups is 1. The third-order valence-electron chi connectivity index (χ3n) is 6.79. The van der Waals surface area contributed by atoms with Crippen LogP contribution in [0.1, 0.15) is 27.0 Å². The summed E-state index contributed by atoms with van der Waals surface area (Å²) in [4.78, 5) is 13.0. The van der Waals surface area contributed by atoms with E-state index in [-0.39, 0.29) is 19.8 Å². The largest absolute Gasteiger partial charge is 0.450 e. The molecule has 1 aliphatic heterocycles. The first-order chi connectivity index (χ1) is 20.2. The zero-order chi connectivity index (χ0) is 28.3. The van der Waals surface area contributed by atoms with Crippen LogP contribution in [0.25, 0.3) is 0 Å². The number of benzene rings is 4. The second-order valence-corrected chi connectivity index (χ2v) is 9.78. The van der Waals surface area contributed by atoms with Crippen molar-refractivity contribution in [3.63, 3.8) is 0 Å². The van der Waals surface area contributed by atoms with Crippen molar-refractivity contribution in [1.29, 1.82) is 0 Å². The molecule has 212 valence electrons. The van der Waals surface area contributed by atoms with Crippen molar-refractivity contribution < 1.29 is 32.9 Å². The molecule has 4 aromatic rings. The molecule has 5 atom stereocenters. The highest BCUT2D eigenvalue weighted by atomic mass is 19.1. The minimum atomic E-state index is -1.95. The maximum absolute atomic E-state index is 15.7. The van der Waals surface area contributed by atoms with E-state index in [0.29, 0.717) is 12.2 Å². The molecule has 1 heterocycles. The highest BCUT2D eigenvalue weighted by Gasteiger charge is 2.50. The van der Waals surface area contributed by atoms with E-state index in [4.69, 9.17) is 23.7 Å². The van der Waals surface area contributed by atoms with E-state index in [1.165, 1.54) is 0 Å². The van der Waals surface area contributed by atoms with Gasteiger partial charge in [-0.15, -0.1) is 0 Å². The van der Waals surface area contributed by atoms with E-state index in [0.717, 1.165) is 16.7 Å². The Morgan fingerprint density at radius 3 is 1.61 bits per heavy atom. The van der Waals surface area contributed by atoms with E-state index in [2.05, 4.69) is 0 Å². The fourth-order valence-corrected chi connectivity index (χ4v) is 4.68. The molecule has 0 aliphatic carbocycles. The first-order valence-corrected chi connectivity index (χ1v) is 13.7. The Labute approximate surface area is 239 Å². The molecule has 5 rings (SSSR count). The molecule has 2 unspecified atom stereocenters. The molecule has 0 N–H and O–H groups in total. The van der Waals surface area contributed by atoms with Gasteiger partial charge in [0.2, 0.25) is 6.36 Å². The van der Waals surface area contributed by atoms with E-state index >= 15 is 4.39 Å². The van der Waals surface area contributed by atoms with Gasteiger partial charge in [0.15, 0.2) is 6.10 Å². The molecular formula is C34H33FO6. The topological polar surface area (TPSA) is 63.2 Å². The maximum atomic E-state index is 15.7. The van der Waals surface area contributed by atoms with Gasteiger partial charge < -0.3 is 23.7 Å². The Morgan fingerprint density at radius 1 is 0.610 bits per heavy atom. The Hall–Kier alpha value is -3.88. The van der Waals surface area contributed by atoms with Crippen LogP contribution in [0, 0.1) is 0 Å². The molecule has 1 fully saturated rings. The van der Waals surface area contributed by atoms with E-state index in [1.807, 2.05) is 91.0 Å². The fourth-order valence-electron chi connectivity index (χ4n) is 4.68. The van der Waals surface area contributed by atoms with E-state index < -0.39 is 36.7 Å². The number of halogens is 1. The summed E-state index contributed by atoms with van der Waals surface area (Å²) < 4.78 is 45.9. The summed E-state index contributed by atoms with van der Waals surface area (Å²) in [7, 11) is 0. The molecule has 0 spiro atoms. The third-order valence-corrected chi connectivity index (χ3v) is 6.79. The number of alkyl halides is 1. The second-order valence-electron chi connectivity index (χ2n) is 9.78.